The fourth-order valence-corrected chi connectivity index (χ4v) is 4.96. The molecule has 1 atom stereocenters. The number of allylic oxidation sites excluding steroid dienone is 2. The molecule has 2 N–H and O–H groups in total. The Morgan fingerprint density at radius 1 is 1.31 bits per heavy atom. The van der Waals surface area contributed by atoms with E-state index in [-0.39, 0.29) is 39.9 Å². The van der Waals surface area contributed by atoms with Gasteiger partial charge in [0.2, 0.25) is 5.88 Å². The quantitative estimate of drug-likeness (QED) is 0.650. The fourth-order valence-electron chi connectivity index (χ4n) is 4.01. The number of ether oxygens (including phenoxy) is 2. The molecule has 2 aliphatic heterocycles. The van der Waals surface area contributed by atoms with E-state index < -0.39 is 21.7 Å². The van der Waals surface area contributed by atoms with Crippen LogP contribution in [0.4, 0.5) is 5.69 Å². The van der Waals surface area contributed by atoms with Gasteiger partial charge in [-0.25, -0.2) is 13.2 Å². The zero-order valence-corrected chi connectivity index (χ0v) is 19.5. The normalized spacial score (nSPS) is 20.1. The number of rotatable bonds is 5. The molecule has 1 unspecified atom stereocenters. The van der Waals surface area contributed by atoms with Crippen molar-refractivity contribution in [3.05, 3.63) is 46.6 Å². The van der Waals surface area contributed by atoms with E-state index in [9.17, 15) is 18.5 Å². The summed E-state index contributed by atoms with van der Waals surface area (Å²) in [6.45, 7) is 6.57. The largest absolute Gasteiger partial charge is 0.463 e. The van der Waals surface area contributed by atoms with Gasteiger partial charge in [0.05, 0.1) is 23.0 Å². The van der Waals surface area contributed by atoms with Gasteiger partial charge in [-0.3, -0.25) is 0 Å². The summed E-state index contributed by atoms with van der Waals surface area (Å²) >= 11 is 0. The molecule has 1 aromatic rings. The topological polar surface area (TPSA) is 126 Å². The van der Waals surface area contributed by atoms with Crippen molar-refractivity contribution in [2.75, 3.05) is 51.0 Å². The number of hydrogen-bond acceptors (Lipinski definition) is 9. The van der Waals surface area contributed by atoms with E-state index in [1.807, 2.05) is 19.2 Å². The molecule has 0 radical (unpaired) electrons. The van der Waals surface area contributed by atoms with Gasteiger partial charge in [0, 0.05) is 38.1 Å². The van der Waals surface area contributed by atoms with Crippen LogP contribution in [0, 0.1) is 11.3 Å². The minimum atomic E-state index is -3.71. The number of esters is 1. The van der Waals surface area contributed by atoms with Crippen molar-refractivity contribution in [1.82, 2.24) is 4.90 Å². The fraction of sp³-hybridized carbons (Fsp3) is 0.455. The molecule has 10 heteroatoms. The Balaban J connectivity index is 2.19. The van der Waals surface area contributed by atoms with E-state index >= 15 is 0 Å². The molecular weight excluding hydrogens is 432 g/mol. The molecule has 0 spiro atoms. The third kappa shape index (κ3) is 4.59. The molecule has 0 bridgehead atoms. The maximum Gasteiger partial charge on any atom is 0.338 e. The minimum absolute atomic E-state index is 0.0316. The number of sulfone groups is 1. The lowest BCUT2D eigenvalue weighted by molar-refractivity contribution is -0.139. The first-order valence-corrected chi connectivity index (χ1v) is 12.2. The highest BCUT2D eigenvalue weighted by Crippen LogP contribution is 2.42. The Bertz CT molecular complexity index is 1130. The van der Waals surface area contributed by atoms with Gasteiger partial charge in [0.25, 0.3) is 0 Å². The van der Waals surface area contributed by atoms with Gasteiger partial charge in [0.15, 0.2) is 9.84 Å². The first-order valence-electron chi connectivity index (χ1n) is 10.3. The van der Waals surface area contributed by atoms with Crippen LogP contribution in [0.15, 0.2) is 45.9 Å². The monoisotopic (exact) mass is 460 g/mol. The molecule has 0 saturated carbocycles. The molecule has 32 heavy (non-hydrogen) atoms. The van der Waals surface area contributed by atoms with E-state index in [0.29, 0.717) is 0 Å². The van der Waals surface area contributed by atoms with Gasteiger partial charge >= 0.3 is 5.97 Å². The molecule has 0 aliphatic carbocycles. The zero-order valence-electron chi connectivity index (χ0n) is 18.7. The summed E-state index contributed by atoms with van der Waals surface area (Å²) < 4.78 is 36.2. The van der Waals surface area contributed by atoms with Gasteiger partial charge in [-0.15, -0.1) is 0 Å². The van der Waals surface area contributed by atoms with Crippen molar-refractivity contribution in [3.63, 3.8) is 0 Å². The predicted molar refractivity (Wildman–Crippen MR) is 119 cm³/mol. The number of likely N-dealkylation sites (N-methyl/N-ethyl adjacent to an activating group) is 1. The predicted octanol–water partition coefficient (Wildman–Crippen LogP) is 1.49. The SMILES string of the molecule is CCOC(=O)C1=C(C)OC(N)=C(C#N)C1c1ccc(N2CCN(C)CC2)cc1S(C)(=O)=O. The van der Waals surface area contributed by atoms with Crippen molar-refractivity contribution in [2.24, 2.45) is 5.73 Å². The molecule has 3 rings (SSSR count). The van der Waals surface area contributed by atoms with Crippen LogP contribution in [-0.4, -0.2) is 65.4 Å². The Morgan fingerprint density at radius 2 is 1.97 bits per heavy atom. The first kappa shape index (κ1) is 23.6. The molecule has 0 amide bonds. The summed E-state index contributed by atoms with van der Waals surface area (Å²) in [6, 6.07) is 7.06. The third-order valence-electron chi connectivity index (χ3n) is 5.68. The van der Waals surface area contributed by atoms with E-state index in [4.69, 9.17) is 15.2 Å². The van der Waals surface area contributed by atoms with E-state index in [0.717, 1.165) is 38.1 Å². The maximum atomic E-state index is 12.8. The van der Waals surface area contributed by atoms with Crippen molar-refractivity contribution < 1.29 is 22.7 Å². The van der Waals surface area contributed by atoms with Crippen LogP contribution in [0.5, 0.6) is 0 Å². The standard InChI is InChI=1S/C22H28N4O5S/c1-5-30-22(27)19-14(2)31-21(24)17(13-23)20(19)16-7-6-15(12-18(16)32(4,28)29)26-10-8-25(3)9-11-26/h6-7,12,20H,5,8-11,24H2,1-4H3. The second kappa shape index (κ2) is 9.22. The summed E-state index contributed by atoms with van der Waals surface area (Å²) in [5.41, 5.74) is 7.04. The molecule has 2 aliphatic rings. The highest BCUT2D eigenvalue weighted by Gasteiger charge is 2.38. The Labute approximate surface area is 188 Å². The van der Waals surface area contributed by atoms with Gasteiger partial charge in [-0.2, -0.15) is 5.26 Å². The Morgan fingerprint density at radius 3 is 2.53 bits per heavy atom. The van der Waals surface area contributed by atoms with Crippen LogP contribution >= 0.6 is 0 Å². The lowest BCUT2D eigenvalue weighted by Crippen LogP contribution is -2.44. The molecule has 172 valence electrons. The van der Waals surface area contributed by atoms with Gasteiger partial charge in [-0.1, -0.05) is 6.07 Å². The van der Waals surface area contributed by atoms with Crippen molar-refractivity contribution in [1.29, 1.82) is 5.26 Å². The average Bonchev–Trinajstić information content (AvgIpc) is 2.73. The molecule has 1 saturated heterocycles. The number of nitrogens with two attached hydrogens (primary N) is 1. The molecule has 1 fully saturated rings. The second-order valence-electron chi connectivity index (χ2n) is 7.90. The van der Waals surface area contributed by atoms with Crippen LogP contribution in [0.25, 0.3) is 0 Å². The summed E-state index contributed by atoms with van der Waals surface area (Å²) in [6.07, 6.45) is 1.11. The Kier molecular flexibility index (Phi) is 6.81. The molecule has 1 aromatic carbocycles. The number of nitriles is 1. The smallest absolute Gasteiger partial charge is 0.338 e. The van der Waals surface area contributed by atoms with Crippen molar-refractivity contribution in [3.8, 4) is 6.07 Å². The number of piperazine rings is 1. The summed E-state index contributed by atoms with van der Waals surface area (Å²) in [4.78, 5) is 17.1. The van der Waals surface area contributed by atoms with E-state index in [1.54, 1.807) is 26.0 Å². The van der Waals surface area contributed by atoms with Crippen LogP contribution < -0.4 is 10.6 Å². The summed E-state index contributed by atoms with van der Waals surface area (Å²) in [5.74, 6) is -1.69. The molecule has 0 aromatic heterocycles. The number of carbonyl (C=O) groups is 1. The highest BCUT2D eigenvalue weighted by molar-refractivity contribution is 7.90. The lowest BCUT2D eigenvalue weighted by Gasteiger charge is -2.35. The number of carbonyl (C=O) groups excluding carboxylic acids is 1. The lowest BCUT2D eigenvalue weighted by atomic mass is 9.83. The van der Waals surface area contributed by atoms with Crippen molar-refractivity contribution >= 4 is 21.5 Å². The third-order valence-corrected chi connectivity index (χ3v) is 6.83. The van der Waals surface area contributed by atoms with Crippen LogP contribution in [0.3, 0.4) is 0 Å². The van der Waals surface area contributed by atoms with Gasteiger partial charge in [-0.05, 0) is 38.6 Å². The van der Waals surface area contributed by atoms with Crippen LogP contribution in [-0.2, 0) is 24.1 Å². The number of anilines is 1. The van der Waals surface area contributed by atoms with E-state index in [2.05, 4.69) is 9.80 Å². The van der Waals surface area contributed by atoms with Crippen LogP contribution in [0.2, 0.25) is 0 Å². The summed E-state index contributed by atoms with van der Waals surface area (Å²) in [7, 11) is -1.67. The molecule has 9 nitrogen and oxygen atoms in total. The average molecular weight is 461 g/mol. The highest BCUT2D eigenvalue weighted by atomic mass is 32.2. The zero-order chi connectivity index (χ0) is 23.6. The molecule has 2 heterocycles. The first-order chi connectivity index (χ1) is 15.1. The number of benzene rings is 1. The van der Waals surface area contributed by atoms with Gasteiger partial charge in [0.1, 0.15) is 17.4 Å². The Hall–Kier alpha value is -3.03. The minimum Gasteiger partial charge on any atom is -0.463 e. The van der Waals surface area contributed by atoms with Crippen molar-refractivity contribution in [2.45, 2.75) is 24.7 Å². The summed E-state index contributed by atoms with van der Waals surface area (Å²) in [5, 5.41) is 9.78. The number of hydrogen-bond donors (Lipinski definition) is 1. The molecular formula is C22H28N4O5S. The van der Waals surface area contributed by atoms with Crippen LogP contribution in [0.1, 0.15) is 25.3 Å². The second-order valence-corrected chi connectivity index (χ2v) is 9.88. The number of nitrogens with zero attached hydrogens (tertiary/aromatic N) is 3. The maximum absolute atomic E-state index is 12.8. The van der Waals surface area contributed by atoms with E-state index in [1.165, 1.54) is 0 Å². The van der Waals surface area contributed by atoms with Gasteiger partial charge < -0.3 is 25.0 Å².